The SMILES string of the molecule is COC(=O)c1cc([N+](=O)[O-])c(F)cc1Cl. The molecule has 0 aliphatic carbocycles. The highest BCUT2D eigenvalue weighted by atomic mass is 35.5. The summed E-state index contributed by atoms with van der Waals surface area (Å²) in [5.41, 5.74) is -1.06. The molecule has 1 aromatic rings. The van der Waals surface area contributed by atoms with Gasteiger partial charge in [-0.05, 0) is 0 Å². The number of carbonyl (C=O) groups is 1. The number of nitro benzene ring substituents is 1. The Balaban J connectivity index is 3.36. The average Bonchev–Trinajstić information content (AvgIpc) is 2.16. The van der Waals surface area contributed by atoms with Gasteiger partial charge in [0.1, 0.15) is 0 Å². The molecule has 0 saturated carbocycles. The molecule has 5 nitrogen and oxygen atoms in total. The highest BCUT2D eigenvalue weighted by molar-refractivity contribution is 6.33. The maximum absolute atomic E-state index is 13.0. The van der Waals surface area contributed by atoms with Crippen molar-refractivity contribution in [1.82, 2.24) is 0 Å². The maximum atomic E-state index is 13.0. The summed E-state index contributed by atoms with van der Waals surface area (Å²) < 4.78 is 17.3. The lowest BCUT2D eigenvalue weighted by atomic mass is 10.2. The highest BCUT2D eigenvalue weighted by Crippen LogP contribution is 2.26. The summed E-state index contributed by atoms with van der Waals surface area (Å²) in [6.07, 6.45) is 0. The second-order valence-electron chi connectivity index (χ2n) is 2.53. The summed E-state index contributed by atoms with van der Waals surface area (Å²) in [4.78, 5) is 20.5. The largest absolute Gasteiger partial charge is 0.465 e. The van der Waals surface area contributed by atoms with E-state index < -0.39 is 22.4 Å². The van der Waals surface area contributed by atoms with Crippen LogP contribution in [0.1, 0.15) is 10.4 Å². The van der Waals surface area contributed by atoms with Crippen LogP contribution < -0.4 is 0 Å². The van der Waals surface area contributed by atoms with Crippen LogP contribution in [0.3, 0.4) is 0 Å². The Morgan fingerprint density at radius 1 is 1.60 bits per heavy atom. The lowest BCUT2D eigenvalue weighted by Gasteiger charge is -2.02. The first-order valence-electron chi connectivity index (χ1n) is 3.69. The lowest BCUT2D eigenvalue weighted by Crippen LogP contribution is -2.04. The Labute approximate surface area is 88.6 Å². The molecule has 0 N–H and O–H groups in total. The molecule has 0 fully saturated rings. The Morgan fingerprint density at radius 2 is 2.20 bits per heavy atom. The normalized spacial score (nSPS) is 9.80. The summed E-state index contributed by atoms with van der Waals surface area (Å²) in [7, 11) is 1.09. The monoisotopic (exact) mass is 233 g/mol. The van der Waals surface area contributed by atoms with Crippen LogP contribution in [0, 0.1) is 15.9 Å². The van der Waals surface area contributed by atoms with Gasteiger partial charge in [0.25, 0.3) is 0 Å². The number of hydrogen-bond acceptors (Lipinski definition) is 4. The molecule has 0 aliphatic rings. The van der Waals surface area contributed by atoms with Crippen molar-refractivity contribution in [2.45, 2.75) is 0 Å². The molecular formula is C8H5ClFNO4. The average molecular weight is 234 g/mol. The van der Waals surface area contributed by atoms with Gasteiger partial charge in [0, 0.05) is 12.1 Å². The zero-order chi connectivity index (χ0) is 11.6. The highest BCUT2D eigenvalue weighted by Gasteiger charge is 2.21. The molecule has 0 aromatic heterocycles. The van der Waals surface area contributed by atoms with E-state index in [0.29, 0.717) is 6.07 Å². The lowest BCUT2D eigenvalue weighted by molar-refractivity contribution is -0.387. The van der Waals surface area contributed by atoms with Gasteiger partial charge in [-0.1, -0.05) is 11.6 Å². The molecule has 0 unspecified atom stereocenters. The predicted octanol–water partition coefficient (Wildman–Crippen LogP) is 2.17. The van der Waals surface area contributed by atoms with E-state index in [1.54, 1.807) is 0 Å². The Hall–Kier alpha value is -1.69. The molecule has 15 heavy (non-hydrogen) atoms. The summed E-state index contributed by atoms with van der Waals surface area (Å²) in [6.45, 7) is 0. The second-order valence-corrected chi connectivity index (χ2v) is 2.94. The predicted molar refractivity (Wildman–Crippen MR) is 49.4 cm³/mol. The van der Waals surface area contributed by atoms with Gasteiger partial charge in [0.05, 0.1) is 22.6 Å². The molecule has 7 heteroatoms. The van der Waals surface area contributed by atoms with Crippen molar-refractivity contribution in [2.75, 3.05) is 7.11 Å². The fourth-order valence-electron chi connectivity index (χ4n) is 0.944. The van der Waals surface area contributed by atoms with Gasteiger partial charge in [-0.25, -0.2) is 4.79 Å². The van der Waals surface area contributed by atoms with Crippen molar-refractivity contribution in [3.8, 4) is 0 Å². The number of ether oxygens (including phenoxy) is 1. The van der Waals surface area contributed by atoms with Crippen LogP contribution >= 0.6 is 11.6 Å². The maximum Gasteiger partial charge on any atom is 0.339 e. The first kappa shape index (κ1) is 11.4. The van der Waals surface area contributed by atoms with Crippen LogP contribution in [0.5, 0.6) is 0 Å². The Bertz CT molecular complexity index is 435. The molecular weight excluding hydrogens is 229 g/mol. The molecule has 0 atom stereocenters. The van der Waals surface area contributed by atoms with Crippen molar-refractivity contribution >= 4 is 23.3 Å². The van der Waals surface area contributed by atoms with Gasteiger partial charge in [0.2, 0.25) is 5.82 Å². The number of benzene rings is 1. The Morgan fingerprint density at radius 3 is 2.67 bits per heavy atom. The fourth-order valence-corrected chi connectivity index (χ4v) is 1.17. The van der Waals surface area contributed by atoms with Crippen LogP contribution in [-0.4, -0.2) is 18.0 Å². The summed E-state index contributed by atoms with van der Waals surface area (Å²) in [6, 6.07) is 1.44. The number of rotatable bonds is 2. The van der Waals surface area contributed by atoms with Crippen LogP contribution in [0.25, 0.3) is 0 Å². The first-order valence-corrected chi connectivity index (χ1v) is 4.07. The number of hydrogen-bond donors (Lipinski definition) is 0. The van der Waals surface area contributed by atoms with Crippen molar-refractivity contribution in [2.24, 2.45) is 0 Å². The van der Waals surface area contributed by atoms with E-state index in [1.807, 2.05) is 0 Å². The molecule has 0 radical (unpaired) electrons. The first-order chi connectivity index (χ1) is 6.97. The van der Waals surface area contributed by atoms with Crippen LogP contribution in [0.4, 0.5) is 10.1 Å². The van der Waals surface area contributed by atoms with Crippen LogP contribution in [0.2, 0.25) is 5.02 Å². The van der Waals surface area contributed by atoms with E-state index in [1.165, 1.54) is 0 Å². The number of carbonyl (C=O) groups excluding carboxylic acids is 1. The minimum Gasteiger partial charge on any atom is -0.465 e. The number of halogens is 2. The third-order valence-electron chi connectivity index (χ3n) is 1.64. The van der Waals surface area contributed by atoms with E-state index in [-0.39, 0.29) is 10.6 Å². The van der Waals surface area contributed by atoms with Gasteiger partial charge in [-0.15, -0.1) is 0 Å². The van der Waals surface area contributed by atoms with Gasteiger partial charge >= 0.3 is 11.7 Å². The molecule has 0 saturated heterocycles. The van der Waals surface area contributed by atoms with Gasteiger partial charge in [0.15, 0.2) is 0 Å². The third kappa shape index (κ3) is 2.21. The number of methoxy groups -OCH3 is 1. The van der Waals surface area contributed by atoms with Gasteiger partial charge in [-0.2, -0.15) is 4.39 Å². The topological polar surface area (TPSA) is 69.4 Å². The molecule has 0 aliphatic heterocycles. The molecule has 80 valence electrons. The number of esters is 1. The van der Waals surface area contributed by atoms with Crippen molar-refractivity contribution in [3.63, 3.8) is 0 Å². The van der Waals surface area contributed by atoms with E-state index in [9.17, 15) is 19.3 Å². The molecule has 1 rings (SSSR count). The van der Waals surface area contributed by atoms with Gasteiger partial charge < -0.3 is 4.74 Å². The molecule has 0 bridgehead atoms. The van der Waals surface area contributed by atoms with E-state index in [4.69, 9.17) is 11.6 Å². The summed E-state index contributed by atoms with van der Waals surface area (Å²) in [5, 5.41) is 10.1. The van der Waals surface area contributed by atoms with Crippen LogP contribution in [-0.2, 0) is 4.74 Å². The molecule has 0 heterocycles. The minimum absolute atomic E-state index is 0.232. The smallest absolute Gasteiger partial charge is 0.339 e. The molecule has 1 aromatic carbocycles. The summed E-state index contributed by atoms with van der Waals surface area (Å²) >= 11 is 5.52. The van der Waals surface area contributed by atoms with Gasteiger partial charge in [-0.3, -0.25) is 10.1 Å². The minimum atomic E-state index is -1.10. The van der Waals surface area contributed by atoms with Crippen molar-refractivity contribution < 1.29 is 18.8 Å². The molecule has 0 amide bonds. The fraction of sp³-hybridized carbons (Fsp3) is 0.125. The third-order valence-corrected chi connectivity index (χ3v) is 1.95. The van der Waals surface area contributed by atoms with Crippen LogP contribution in [0.15, 0.2) is 12.1 Å². The van der Waals surface area contributed by atoms with E-state index >= 15 is 0 Å². The van der Waals surface area contributed by atoms with Crippen molar-refractivity contribution in [1.29, 1.82) is 0 Å². The van der Waals surface area contributed by atoms with E-state index in [2.05, 4.69) is 4.74 Å². The Kier molecular flexibility index (Phi) is 3.21. The standard InChI is InChI=1S/C8H5ClFNO4/c1-15-8(12)4-2-7(11(13)14)6(10)3-5(4)9/h2-3H,1H3. The zero-order valence-corrected chi connectivity index (χ0v) is 8.25. The second kappa shape index (κ2) is 4.22. The van der Waals surface area contributed by atoms with Crippen molar-refractivity contribution in [3.05, 3.63) is 38.7 Å². The summed E-state index contributed by atoms with van der Waals surface area (Å²) in [5.74, 6) is -1.96. The zero-order valence-electron chi connectivity index (χ0n) is 7.49. The number of nitro groups is 1. The van der Waals surface area contributed by atoms with E-state index in [0.717, 1.165) is 13.2 Å². The number of nitrogens with zero attached hydrogens (tertiary/aromatic N) is 1. The molecule has 0 spiro atoms. The quantitative estimate of drug-likeness (QED) is 0.446.